The Hall–Kier alpha value is -1.84. The number of hydrogen-bond acceptors (Lipinski definition) is 4. The molecule has 0 saturated heterocycles. The van der Waals surface area contributed by atoms with Crippen LogP contribution in [0.1, 0.15) is 5.56 Å². The van der Waals surface area contributed by atoms with Crippen molar-refractivity contribution in [2.45, 2.75) is 6.54 Å². The third-order valence-electron chi connectivity index (χ3n) is 2.00. The highest BCUT2D eigenvalue weighted by Gasteiger charge is 2.04. The summed E-state index contributed by atoms with van der Waals surface area (Å²) >= 11 is 0. The Bertz CT molecular complexity index is 372. The van der Waals surface area contributed by atoms with Crippen LogP contribution in [0.25, 0.3) is 0 Å². The largest absolute Gasteiger partial charge is 0.351 e. The molecule has 2 rings (SSSR count). The van der Waals surface area contributed by atoms with Crippen molar-refractivity contribution < 1.29 is 4.52 Å². The van der Waals surface area contributed by atoms with Gasteiger partial charge in [0.2, 0.25) is 0 Å². The second kappa shape index (κ2) is 3.91. The van der Waals surface area contributed by atoms with Crippen molar-refractivity contribution in [2.24, 2.45) is 0 Å². The van der Waals surface area contributed by atoms with Crippen LogP contribution < -0.4 is 4.90 Å². The van der Waals surface area contributed by atoms with E-state index in [1.807, 2.05) is 30.1 Å². The van der Waals surface area contributed by atoms with Gasteiger partial charge in [-0.1, -0.05) is 35.4 Å². The third kappa shape index (κ3) is 1.90. The van der Waals surface area contributed by atoms with Crippen LogP contribution in [0, 0.1) is 0 Å². The molecule has 0 saturated carbocycles. The normalized spacial score (nSPS) is 10.1. The predicted molar refractivity (Wildman–Crippen MR) is 52.8 cm³/mol. The molecule has 0 aliphatic carbocycles. The lowest BCUT2D eigenvalue weighted by molar-refractivity contribution is 0.393. The standard InChI is InChI=1S/C10H11N3O/c1-13(10-8-14-12-11-10)7-9-5-3-2-4-6-9/h2-6,8H,7H2,1H3. The van der Waals surface area contributed by atoms with Gasteiger partial charge in [0.1, 0.15) is 0 Å². The fourth-order valence-corrected chi connectivity index (χ4v) is 1.26. The molecule has 0 aliphatic heterocycles. The Morgan fingerprint density at radius 1 is 1.29 bits per heavy atom. The van der Waals surface area contributed by atoms with E-state index in [1.54, 1.807) is 0 Å². The van der Waals surface area contributed by atoms with Gasteiger partial charge in [-0.25, -0.2) is 0 Å². The molecule has 4 heteroatoms. The number of aromatic nitrogens is 2. The molecule has 1 aromatic carbocycles. The summed E-state index contributed by atoms with van der Waals surface area (Å²) in [4.78, 5) is 1.98. The Balaban J connectivity index is 2.06. The Labute approximate surface area is 82.1 Å². The summed E-state index contributed by atoms with van der Waals surface area (Å²) in [5.41, 5.74) is 1.23. The highest BCUT2D eigenvalue weighted by Crippen LogP contribution is 2.10. The van der Waals surface area contributed by atoms with E-state index in [-0.39, 0.29) is 0 Å². The monoisotopic (exact) mass is 189 g/mol. The van der Waals surface area contributed by atoms with Crippen LogP contribution in [-0.4, -0.2) is 17.4 Å². The van der Waals surface area contributed by atoms with Crippen LogP contribution in [0.2, 0.25) is 0 Å². The SMILES string of the molecule is CN(Cc1ccccc1)c1conn1. The molecule has 2 aromatic rings. The van der Waals surface area contributed by atoms with Crippen molar-refractivity contribution in [1.82, 2.24) is 10.4 Å². The van der Waals surface area contributed by atoms with E-state index >= 15 is 0 Å². The Morgan fingerprint density at radius 3 is 2.71 bits per heavy atom. The van der Waals surface area contributed by atoms with E-state index in [9.17, 15) is 0 Å². The summed E-state index contributed by atoms with van der Waals surface area (Å²) in [6, 6.07) is 10.2. The number of nitrogens with zero attached hydrogens (tertiary/aromatic N) is 3. The highest BCUT2D eigenvalue weighted by atomic mass is 16.5. The lowest BCUT2D eigenvalue weighted by atomic mass is 10.2. The van der Waals surface area contributed by atoms with Crippen molar-refractivity contribution in [3.63, 3.8) is 0 Å². The van der Waals surface area contributed by atoms with Gasteiger partial charge in [0.05, 0.1) is 0 Å². The molecule has 0 fully saturated rings. The van der Waals surface area contributed by atoms with Crippen LogP contribution in [-0.2, 0) is 6.54 Å². The molecule has 0 aliphatic rings. The first kappa shape index (κ1) is 8.74. The predicted octanol–water partition coefficient (Wildman–Crippen LogP) is 1.71. The van der Waals surface area contributed by atoms with Gasteiger partial charge in [-0.05, 0) is 5.56 Å². The molecular weight excluding hydrogens is 178 g/mol. The van der Waals surface area contributed by atoms with E-state index in [4.69, 9.17) is 0 Å². The minimum atomic E-state index is 0.744. The van der Waals surface area contributed by atoms with Gasteiger partial charge in [0, 0.05) is 18.9 Å². The topological polar surface area (TPSA) is 42.2 Å². The third-order valence-corrected chi connectivity index (χ3v) is 2.00. The number of hydrogen-bond donors (Lipinski definition) is 0. The lowest BCUT2D eigenvalue weighted by Crippen LogP contribution is -2.16. The van der Waals surface area contributed by atoms with Crippen LogP contribution in [0.3, 0.4) is 0 Å². The van der Waals surface area contributed by atoms with Crippen molar-refractivity contribution in [3.05, 3.63) is 42.2 Å². The number of benzene rings is 1. The lowest BCUT2D eigenvalue weighted by Gasteiger charge is -2.14. The van der Waals surface area contributed by atoms with E-state index in [0.29, 0.717) is 0 Å². The van der Waals surface area contributed by atoms with Gasteiger partial charge in [-0.3, -0.25) is 0 Å². The van der Waals surface area contributed by atoms with Crippen LogP contribution >= 0.6 is 0 Å². The zero-order valence-electron chi connectivity index (χ0n) is 7.92. The van der Waals surface area contributed by atoms with Gasteiger partial charge in [-0.2, -0.15) is 0 Å². The molecule has 72 valence electrons. The summed E-state index contributed by atoms with van der Waals surface area (Å²) in [5.74, 6) is 0.744. The molecule has 0 bridgehead atoms. The molecule has 0 atom stereocenters. The molecule has 0 radical (unpaired) electrons. The second-order valence-corrected chi connectivity index (χ2v) is 3.10. The molecule has 1 aromatic heterocycles. The summed E-state index contributed by atoms with van der Waals surface area (Å²) in [6.45, 7) is 0.801. The summed E-state index contributed by atoms with van der Waals surface area (Å²) in [6.07, 6.45) is 1.53. The maximum atomic E-state index is 4.67. The Morgan fingerprint density at radius 2 is 2.07 bits per heavy atom. The van der Waals surface area contributed by atoms with Crippen molar-refractivity contribution in [1.29, 1.82) is 0 Å². The second-order valence-electron chi connectivity index (χ2n) is 3.10. The first-order valence-corrected chi connectivity index (χ1v) is 4.38. The average molecular weight is 189 g/mol. The van der Waals surface area contributed by atoms with E-state index in [1.165, 1.54) is 11.8 Å². The molecule has 0 spiro atoms. The van der Waals surface area contributed by atoms with Crippen LogP contribution in [0.5, 0.6) is 0 Å². The van der Waals surface area contributed by atoms with E-state index < -0.39 is 0 Å². The van der Waals surface area contributed by atoms with Gasteiger partial charge >= 0.3 is 0 Å². The minimum absolute atomic E-state index is 0.744. The molecule has 0 N–H and O–H groups in total. The number of anilines is 1. The molecule has 4 nitrogen and oxygen atoms in total. The Kier molecular flexibility index (Phi) is 2.44. The van der Waals surface area contributed by atoms with Crippen molar-refractivity contribution in [3.8, 4) is 0 Å². The zero-order valence-corrected chi connectivity index (χ0v) is 7.92. The first-order chi connectivity index (χ1) is 6.86. The van der Waals surface area contributed by atoms with Crippen LogP contribution in [0.4, 0.5) is 5.82 Å². The molecule has 14 heavy (non-hydrogen) atoms. The zero-order chi connectivity index (χ0) is 9.80. The van der Waals surface area contributed by atoms with E-state index in [2.05, 4.69) is 27.0 Å². The van der Waals surface area contributed by atoms with Crippen molar-refractivity contribution >= 4 is 5.82 Å². The quantitative estimate of drug-likeness (QED) is 0.737. The van der Waals surface area contributed by atoms with Gasteiger partial charge in [0.25, 0.3) is 0 Å². The molecule has 0 unspecified atom stereocenters. The van der Waals surface area contributed by atoms with E-state index in [0.717, 1.165) is 12.4 Å². The maximum absolute atomic E-state index is 4.67. The van der Waals surface area contributed by atoms with Gasteiger partial charge in [-0.15, -0.1) is 0 Å². The summed E-state index contributed by atoms with van der Waals surface area (Å²) in [5, 5.41) is 7.24. The summed E-state index contributed by atoms with van der Waals surface area (Å²) < 4.78 is 4.67. The fraction of sp³-hybridized carbons (Fsp3) is 0.200. The highest BCUT2D eigenvalue weighted by molar-refractivity contribution is 5.33. The first-order valence-electron chi connectivity index (χ1n) is 4.38. The molecule has 1 heterocycles. The van der Waals surface area contributed by atoms with Gasteiger partial charge < -0.3 is 9.42 Å². The molecular formula is C10H11N3O. The number of rotatable bonds is 3. The average Bonchev–Trinajstić information content (AvgIpc) is 2.72. The maximum Gasteiger partial charge on any atom is 0.192 e. The minimum Gasteiger partial charge on any atom is -0.351 e. The van der Waals surface area contributed by atoms with Crippen molar-refractivity contribution in [2.75, 3.05) is 11.9 Å². The smallest absolute Gasteiger partial charge is 0.192 e. The summed E-state index contributed by atoms with van der Waals surface area (Å²) in [7, 11) is 1.95. The van der Waals surface area contributed by atoms with Gasteiger partial charge in [0.15, 0.2) is 12.1 Å². The van der Waals surface area contributed by atoms with Crippen LogP contribution in [0.15, 0.2) is 41.1 Å². The fourth-order valence-electron chi connectivity index (χ4n) is 1.26. The molecule has 0 amide bonds.